The highest BCUT2D eigenvalue weighted by Crippen LogP contribution is 2.29. The van der Waals surface area contributed by atoms with Crippen LogP contribution in [-0.2, 0) is 4.79 Å². The molecule has 0 aliphatic carbocycles. The summed E-state index contributed by atoms with van der Waals surface area (Å²) in [6.45, 7) is 1.75. The third-order valence-corrected chi connectivity index (χ3v) is 4.63. The largest absolute Gasteiger partial charge is 0.493 e. The Balaban J connectivity index is 1.95. The highest BCUT2D eigenvalue weighted by molar-refractivity contribution is 7.99. The summed E-state index contributed by atoms with van der Waals surface area (Å²) in [6, 6.07) is 16.9. The van der Waals surface area contributed by atoms with Gasteiger partial charge in [-0.3, -0.25) is 4.79 Å². The van der Waals surface area contributed by atoms with Crippen molar-refractivity contribution in [1.29, 1.82) is 5.26 Å². The average Bonchev–Trinajstić information content (AvgIpc) is 2.65. The number of carbonyl (C=O) groups is 1. The molecule has 1 atom stereocenters. The van der Waals surface area contributed by atoms with Crippen molar-refractivity contribution in [2.75, 3.05) is 24.8 Å². The zero-order chi connectivity index (χ0) is 18.1. The summed E-state index contributed by atoms with van der Waals surface area (Å²) in [5, 5.41) is 11.7. The van der Waals surface area contributed by atoms with E-state index >= 15 is 0 Å². The van der Waals surface area contributed by atoms with Crippen LogP contribution in [0.2, 0.25) is 0 Å². The second-order valence-corrected chi connectivity index (χ2v) is 6.39. The predicted molar refractivity (Wildman–Crippen MR) is 99.1 cm³/mol. The Morgan fingerprint density at radius 2 is 1.88 bits per heavy atom. The highest BCUT2D eigenvalue weighted by Gasteiger charge is 2.10. The maximum atomic E-state index is 12.2. The van der Waals surface area contributed by atoms with Crippen LogP contribution in [0.25, 0.3) is 0 Å². The molecule has 130 valence electrons. The van der Waals surface area contributed by atoms with Gasteiger partial charge in [0, 0.05) is 10.6 Å². The van der Waals surface area contributed by atoms with E-state index < -0.39 is 0 Å². The molecule has 0 saturated heterocycles. The summed E-state index contributed by atoms with van der Waals surface area (Å²) in [7, 11) is 1.55. The summed E-state index contributed by atoms with van der Waals surface area (Å²) >= 11 is 1.54. The van der Waals surface area contributed by atoms with Crippen molar-refractivity contribution >= 4 is 23.4 Å². The predicted octanol–water partition coefficient (Wildman–Crippen LogP) is 3.96. The number of carbonyl (C=O) groups excluding carboxylic acids is 1. The lowest BCUT2D eigenvalue weighted by molar-refractivity contribution is -0.118. The van der Waals surface area contributed by atoms with Crippen molar-refractivity contribution in [1.82, 2.24) is 0 Å². The lowest BCUT2D eigenvalue weighted by Crippen LogP contribution is -2.20. The van der Waals surface area contributed by atoms with Crippen LogP contribution in [-0.4, -0.2) is 25.4 Å². The first-order valence-electron chi connectivity index (χ1n) is 7.81. The van der Waals surface area contributed by atoms with E-state index in [0.29, 0.717) is 22.9 Å². The zero-order valence-corrected chi connectivity index (χ0v) is 15.0. The van der Waals surface area contributed by atoms with Crippen molar-refractivity contribution < 1.29 is 14.3 Å². The zero-order valence-electron chi connectivity index (χ0n) is 14.2. The van der Waals surface area contributed by atoms with E-state index in [2.05, 4.69) is 11.4 Å². The minimum Gasteiger partial charge on any atom is -0.493 e. The monoisotopic (exact) mass is 356 g/mol. The molecule has 0 unspecified atom stereocenters. The number of thioether (sulfide) groups is 1. The van der Waals surface area contributed by atoms with E-state index in [1.165, 1.54) is 0 Å². The minimum absolute atomic E-state index is 0.0531. The van der Waals surface area contributed by atoms with E-state index in [1.807, 2.05) is 43.3 Å². The van der Waals surface area contributed by atoms with Gasteiger partial charge < -0.3 is 14.8 Å². The molecule has 5 nitrogen and oxygen atoms in total. The van der Waals surface area contributed by atoms with E-state index in [4.69, 9.17) is 14.7 Å². The average molecular weight is 356 g/mol. The smallest absolute Gasteiger partial charge is 0.262 e. The van der Waals surface area contributed by atoms with Gasteiger partial charge in [-0.1, -0.05) is 24.3 Å². The lowest BCUT2D eigenvalue weighted by Gasteiger charge is -2.13. The molecule has 25 heavy (non-hydrogen) atoms. The second-order valence-electron chi connectivity index (χ2n) is 5.33. The van der Waals surface area contributed by atoms with Gasteiger partial charge in [0.1, 0.15) is 0 Å². The number of benzene rings is 2. The van der Waals surface area contributed by atoms with Crippen molar-refractivity contribution in [3.8, 4) is 17.6 Å². The Morgan fingerprint density at radius 1 is 1.20 bits per heavy atom. The van der Waals surface area contributed by atoms with Crippen molar-refractivity contribution in [2.24, 2.45) is 5.92 Å². The fraction of sp³-hybridized carbons (Fsp3) is 0.263. The maximum absolute atomic E-state index is 12.2. The van der Waals surface area contributed by atoms with Gasteiger partial charge in [0.05, 0.1) is 24.8 Å². The number of anilines is 1. The van der Waals surface area contributed by atoms with Gasteiger partial charge in [-0.2, -0.15) is 5.26 Å². The van der Waals surface area contributed by atoms with Crippen molar-refractivity contribution in [3.05, 3.63) is 48.5 Å². The van der Waals surface area contributed by atoms with Crippen LogP contribution in [0.3, 0.4) is 0 Å². The number of hydrogen-bond donors (Lipinski definition) is 1. The van der Waals surface area contributed by atoms with Gasteiger partial charge in [-0.05, 0) is 31.2 Å². The first-order chi connectivity index (χ1) is 12.1. The molecule has 2 aromatic rings. The second kappa shape index (κ2) is 9.60. The van der Waals surface area contributed by atoms with Gasteiger partial charge in [-0.15, -0.1) is 11.8 Å². The van der Waals surface area contributed by atoms with Gasteiger partial charge in [-0.25, -0.2) is 0 Å². The first-order valence-corrected chi connectivity index (χ1v) is 8.79. The van der Waals surface area contributed by atoms with Crippen molar-refractivity contribution in [3.63, 3.8) is 0 Å². The van der Waals surface area contributed by atoms with Gasteiger partial charge in [0.2, 0.25) is 0 Å². The number of para-hydroxylation sites is 3. The molecule has 0 heterocycles. The maximum Gasteiger partial charge on any atom is 0.262 e. The molecule has 2 aromatic carbocycles. The van der Waals surface area contributed by atoms with Gasteiger partial charge >= 0.3 is 0 Å². The number of amides is 1. The molecule has 0 aliphatic heterocycles. The molecule has 0 saturated carbocycles. The Bertz CT molecular complexity index is 758. The molecular formula is C19H20N2O3S. The topological polar surface area (TPSA) is 71.3 Å². The highest BCUT2D eigenvalue weighted by atomic mass is 32.2. The summed E-state index contributed by atoms with van der Waals surface area (Å²) in [4.78, 5) is 13.1. The van der Waals surface area contributed by atoms with Crippen LogP contribution in [0.4, 0.5) is 5.69 Å². The summed E-state index contributed by atoms with van der Waals surface area (Å²) < 4.78 is 10.7. The Kier molecular flexibility index (Phi) is 7.17. The molecule has 0 aliphatic rings. The first kappa shape index (κ1) is 18.7. The number of nitrogens with zero attached hydrogens (tertiary/aromatic N) is 1. The Labute approximate surface area is 151 Å². The molecule has 0 bridgehead atoms. The number of nitrogens with one attached hydrogen (secondary N) is 1. The van der Waals surface area contributed by atoms with E-state index in [1.54, 1.807) is 31.0 Å². The van der Waals surface area contributed by atoms with Gasteiger partial charge in [0.25, 0.3) is 5.91 Å². The van der Waals surface area contributed by atoms with Crippen molar-refractivity contribution in [2.45, 2.75) is 11.8 Å². The SMILES string of the molecule is COc1ccccc1OCC(=O)Nc1ccccc1SC[C@@H](C)C#N. The number of ether oxygens (including phenoxy) is 2. The Hall–Kier alpha value is -2.65. The molecule has 2 rings (SSSR count). The summed E-state index contributed by atoms with van der Waals surface area (Å²) in [6.07, 6.45) is 0. The van der Waals surface area contributed by atoms with E-state index in [9.17, 15) is 4.79 Å². The van der Waals surface area contributed by atoms with E-state index in [-0.39, 0.29) is 18.4 Å². The van der Waals surface area contributed by atoms with Crippen LogP contribution in [0.5, 0.6) is 11.5 Å². The quantitative estimate of drug-likeness (QED) is 0.725. The standard InChI is InChI=1S/C19H20N2O3S/c1-14(11-20)13-25-18-10-6-3-7-15(18)21-19(22)12-24-17-9-5-4-8-16(17)23-2/h3-10,14H,12-13H2,1-2H3,(H,21,22)/t14-/m0/s1. The normalized spacial score (nSPS) is 11.2. The molecule has 0 radical (unpaired) electrons. The van der Waals surface area contributed by atoms with Crippen LogP contribution in [0.15, 0.2) is 53.4 Å². The van der Waals surface area contributed by atoms with Crippen LogP contribution >= 0.6 is 11.8 Å². The van der Waals surface area contributed by atoms with E-state index in [0.717, 1.165) is 4.90 Å². The fourth-order valence-corrected chi connectivity index (χ4v) is 2.97. The number of methoxy groups -OCH3 is 1. The third-order valence-electron chi connectivity index (χ3n) is 3.30. The molecule has 0 spiro atoms. The summed E-state index contributed by atoms with van der Waals surface area (Å²) in [5.41, 5.74) is 0.714. The molecule has 1 amide bonds. The molecule has 0 aromatic heterocycles. The number of nitriles is 1. The lowest BCUT2D eigenvalue weighted by atomic mass is 10.3. The summed E-state index contributed by atoms with van der Waals surface area (Å²) in [5.74, 6) is 1.46. The Morgan fingerprint density at radius 3 is 2.60 bits per heavy atom. The molecule has 0 fully saturated rings. The molecular weight excluding hydrogens is 336 g/mol. The van der Waals surface area contributed by atoms with Crippen LogP contribution < -0.4 is 14.8 Å². The fourth-order valence-electron chi connectivity index (χ4n) is 2.02. The molecule has 1 N–H and O–H groups in total. The third kappa shape index (κ3) is 5.73. The minimum atomic E-state index is -0.257. The van der Waals surface area contributed by atoms with Crippen LogP contribution in [0, 0.1) is 17.2 Å². The van der Waals surface area contributed by atoms with Crippen LogP contribution in [0.1, 0.15) is 6.92 Å². The number of rotatable bonds is 8. The molecule has 6 heteroatoms. The van der Waals surface area contributed by atoms with Gasteiger partial charge in [0.15, 0.2) is 18.1 Å². The number of hydrogen-bond acceptors (Lipinski definition) is 5.